The number of carbonyl (C=O) groups is 3. The van der Waals surface area contributed by atoms with E-state index in [0.29, 0.717) is 10.5 Å². The second-order valence-corrected chi connectivity index (χ2v) is 9.40. The van der Waals surface area contributed by atoms with Crippen molar-refractivity contribution in [3.05, 3.63) is 60.2 Å². The van der Waals surface area contributed by atoms with Gasteiger partial charge in [-0.25, -0.2) is 14.4 Å². The number of aliphatic hydroxyl groups is 1. The van der Waals surface area contributed by atoms with Crippen LogP contribution in [0.25, 0.3) is 0 Å². The van der Waals surface area contributed by atoms with Crippen molar-refractivity contribution < 1.29 is 43.2 Å². The molecule has 2 aliphatic rings. The first kappa shape index (κ1) is 26.4. The molecule has 190 valence electrons. The maximum absolute atomic E-state index is 13.0. The summed E-state index contributed by atoms with van der Waals surface area (Å²) in [6.45, 7) is 4.77. The molecule has 10 nitrogen and oxygen atoms in total. The van der Waals surface area contributed by atoms with E-state index in [1.165, 1.54) is 31.4 Å². The van der Waals surface area contributed by atoms with Gasteiger partial charge in [-0.3, -0.25) is 0 Å². The zero-order chi connectivity index (χ0) is 25.7. The lowest BCUT2D eigenvalue weighted by Crippen LogP contribution is -2.49. The van der Waals surface area contributed by atoms with Gasteiger partial charge in [-0.15, -0.1) is 0 Å². The molecule has 1 aromatic carbocycles. The number of esters is 1. The number of methoxy groups -OCH3 is 1. The number of hydrogen-bond acceptors (Lipinski definition) is 9. The first-order valence-corrected chi connectivity index (χ1v) is 11.1. The summed E-state index contributed by atoms with van der Waals surface area (Å²) < 4.78 is 26.3. The van der Waals surface area contributed by atoms with Crippen molar-refractivity contribution in [1.29, 1.82) is 0 Å². The Labute approximate surface area is 204 Å². The highest BCUT2D eigenvalue weighted by Crippen LogP contribution is 2.37. The van der Waals surface area contributed by atoms with Crippen LogP contribution in [0.5, 0.6) is 0 Å². The topological polar surface area (TPSA) is 121 Å². The molecule has 1 aliphatic carbocycles. The molecular formula is C25H31NO9. The number of benzene rings is 1. The molecule has 10 heteroatoms. The van der Waals surface area contributed by atoms with Crippen LogP contribution in [-0.2, 0) is 35.1 Å². The Bertz CT molecular complexity index is 966. The molecule has 0 radical (unpaired) electrons. The fourth-order valence-corrected chi connectivity index (χ4v) is 3.58. The molecule has 1 atom stereocenters. The van der Waals surface area contributed by atoms with Crippen LogP contribution in [0.4, 0.5) is 9.59 Å². The molecule has 1 fully saturated rings. The standard InChI is InChI=1S/C25H31NO9/c1-23(2,3)35-22(29)26(21(28)33-15-18-8-6-5-7-9-18)19-14-25(34-20(19)27)12-10-24(30,11-13-25)16-32-17-31-4/h5-13,19,30H,14-17H2,1-4H3/t19-,24?,25?/m0/s1. The van der Waals surface area contributed by atoms with Crippen molar-refractivity contribution in [1.82, 2.24) is 4.90 Å². The van der Waals surface area contributed by atoms with Gasteiger partial charge in [0.2, 0.25) is 0 Å². The summed E-state index contributed by atoms with van der Waals surface area (Å²) in [6, 6.07) is 7.63. The molecule has 1 spiro atoms. The van der Waals surface area contributed by atoms with Gasteiger partial charge >= 0.3 is 18.2 Å². The Hall–Kier alpha value is -3.21. The van der Waals surface area contributed by atoms with Gasteiger partial charge in [0.1, 0.15) is 30.6 Å². The monoisotopic (exact) mass is 489 g/mol. The van der Waals surface area contributed by atoms with Crippen molar-refractivity contribution >= 4 is 18.2 Å². The van der Waals surface area contributed by atoms with E-state index in [4.69, 9.17) is 23.7 Å². The lowest BCUT2D eigenvalue weighted by molar-refractivity contribution is -0.146. The number of nitrogens with zero attached hydrogens (tertiary/aromatic N) is 1. The van der Waals surface area contributed by atoms with Crippen molar-refractivity contribution in [2.45, 2.75) is 56.6 Å². The maximum atomic E-state index is 13.0. The molecule has 1 N–H and O–H groups in total. The SMILES string of the molecule is COCOCC1(O)C=CC2(C=C1)C[C@H](N(C(=O)OCc1ccccc1)C(=O)OC(C)(C)C)C(=O)O2. The fourth-order valence-electron chi connectivity index (χ4n) is 3.58. The third-order valence-electron chi connectivity index (χ3n) is 5.22. The minimum absolute atomic E-state index is 0.00212. The van der Waals surface area contributed by atoms with E-state index in [0.717, 1.165) is 0 Å². The lowest BCUT2D eigenvalue weighted by atomic mass is 9.87. The van der Waals surface area contributed by atoms with Gasteiger partial charge < -0.3 is 28.8 Å². The maximum Gasteiger partial charge on any atom is 0.420 e. The third-order valence-corrected chi connectivity index (χ3v) is 5.22. The summed E-state index contributed by atoms with van der Waals surface area (Å²) in [5, 5.41) is 10.6. The Morgan fingerprint density at radius 3 is 2.37 bits per heavy atom. The van der Waals surface area contributed by atoms with Crippen LogP contribution in [0.1, 0.15) is 32.8 Å². The van der Waals surface area contributed by atoms with E-state index in [1.54, 1.807) is 45.0 Å². The molecule has 1 aliphatic heterocycles. The van der Waals surface area contributed by atoms with Crippen LogP contribution in [0.15, 0.2) is 54.6 Å². The molecule has 0 aromatic heterocycles. The van der Waals surface area contributed by atoms with Gasteiger partial charge in [0, 0.05) is 13.5 Å². The summed E-state index contributed by atoms with van der Waals surface area (Å²) >= 11 is 0. The second kappa shape index (κ2) is 10.6. The summed E-state index contributed by atoms with van der Waals surface area (Å²) in [7, 11) is 1.46. The number of amides is 2. The first-order valence-electron chi connectivity index (χ1n) is 11.1. The average molecular weight is 490 g/mol. The van der Waals surface area contributed by atoms with Gasteiger partial charge in [-0.05, 0) is 50.6 Å². The molecule has 1 heterocycles. The van der Waals surface area contributed by atoms with Crippen molar-refractivity contribution in [3.8, 4) is 0 Å². The van der Waals surface area contributed by atoms with Crippen LogP contribution in [0.3, 0.4) is 0 Å². The number of carbonyl (C=O) groups excluding carboxylic acids is 3. The normalized spacial score (nSPS) is 25.4. The molecule has 0 unspecified atom stereocenters. The van der Waals surface area contributed by atoms with Crippen molar-refractivity contribution in [2.24, 2.45) is 0 Å². The van der Waals surface area contributed by atoms with Crippen molar-refractivity contribution in [2.75, 3.05) is 20.5 Å². The minimum Gasteiger partial charge on any atom is -0.449 e. The predicted octanol–water partition coefficient (Wildman–Crippen LogP) is 3.09. The Morgan fingerprint density at radius 2 is 1.77 bits per heavy atom. The predicted molar refractivity (Wildman–Crippen MR) is 123 cm³/mol. The van der Waals surface area contributed by atoms with E-state index in [-0.39, 0.29) is 26.4 Å². The van der Waals surface area contributed by atoms with Crippen molar-refractivity contribution in [3.63, 3.8) is 0 Å². The Balaban J connectivity index is 1.77. The highest BCUT2D eigenvalue weighted by molar-refractivity contribution is 5.95. The first-order chi connectivity index (χ1) is 16.5. The van der Waals surface area contributed by atoms with Crippen LogP contribution < -0.4 is 0 Å². The lowest BCUT2D eigenvalue weighted by Gasteiger charge is -2.30. The molecule has 3 rings (SSSR count). The van der Waals surface area contributed by atoms with Gasteiger partial charge in [0.25, 0.3) is 0 Å². The number of ether oxygens (including phenoxy) is 5. The minimum atomic E-state index is -1.42. The zero-order valence-corrected chi connectivity index (χ0v) is 20.3. The largest absolute Gasteiger partial charge is 0.449 e. The van der Waals surface area contributed by atoms with Gasteiger partial charge in [-0.1, -0.05) is 30.3 Å². The van der Waals surface area contributed by atoms with Crippen LogP contribution in [0.2, 0.25) is 0 Å². The van der Waals surface area contributed by atoms with Gasteiger partial charge in [0.05, 0.1) is 6.61 Å². The molecule has 0 saturated carbocycles. The molecule has 35 heavy (non-hydrogen) atoms. The Kier molecular flexibility index (Phi) is 7.99. The fraction of sp³-hybridized carbons (Fsp3) is 0.480. The van der Waals surface area contributed by atoms with E-state index in [9.17, 15) is 19.5 Å². The zero-order valence-electron chi connectivity index (χ0n) is 20.3. The third kappa shape index (κ3) is 6.91. The number of hydrogen-bond donors (Lipinski definition) is 1. The second-order valence-electron chi connectivity index (χ2n) is 9.40. The van der Waals surface area contributed by atoms with Crippen LogP contribution in [-0.4, -0.2) is 71.5 Å². The molecule has 0 bridgehead atoms. The summed E-state index contributed by atoms with van der Waals surface area (Å²) in [5.41, 5.74) is -2.88. The summed E-state index contributed by atoms with van der Waals surface area (Å²) in [4.78, 5) is 39.5. The van der Waals surface area contributed by atoms with Crippen LogP contribution >= 0.6 is 0 Å². The molecule has 1 saturated heterocycles. The van der Waals surface area contributed by atoms with Crippen LogP contribution in [0, 0.1) is 0 Å². The summed E-state index contributed by atoms with van der Waals surface area (Å²) in [5.74, 6) is -0.803. The highest BCUT2D eigenvalue weighted by Gasteiger charge is 2.52. The van der Waals surface area contributed by atoms with Gasteiger partial charge in [0.15, 0.2) is 5.60 Å². The van der Waals surface area contributed by atoms with Gasteiger partial charge in [-0.2, -0.15) is 4.90 Å². The molecular weight excluding hydrogens is 458 g/mol. The average Bonchev–Trinajstić information content (AvgIpc) is 3.10. The molecule has 2 amide bonds. The quantitative estimate of drug-likeness (QED) is 0.202. The summed E-state index contributed by atoms with van der Waals surface area (Å²) in [6.07, 6.45) is 3.74. The van der Waals surface area contributed by atoms with E-state index < -0.39 is 41.0 Å². The number of rotatable bonds is 7. The van der Waals surface area contributed by atoms with E-state index in [1.807, 2.05) is 6.07 Å². The van der Waals surface area contributed by atoms with E-state index in [2.05, 4.69) is 0 Å². The highest BCUT2D eigenvalue weighted by atomic mass is 16.7. The Morgan fingerprint density at radius 1 is 1.11 bits per heavy atom. The van der Waals surface area contributed by atoms with E-state index >= 15 is 0 Å². The number of imide groups is 1. The molecule has 1 aromatic rings. The smallest absolute Gasteiger partial charge is 0.420 e.